The minimum absolute atomic E-state index is 0.432. The Kier molecular flexibility index (Phi) is 5.24. The lowest BCUT2D eigenvalue weighted by atomic mass is 10.0. The molecular weight excluding hydrogens is 268 g/mol. The lowest BCUT2D eigenvalue weighted by Crippen LogP contribution is -2.11. The average molecular weight is 288 g/mol. The summed E-state index contributed by atoms with van der Waals surface area (Å²) >= 11 is 1.54. The van der Waals surface area contributed by atoms with Crippen LogP contribution in [0.5, 0.6) is 0 Å². The van der Waals surface area contributed by atoms with Gasteiger partial charge in [-0.05, 0) is 17.7 Å². The summed E-state index contributed by atoms with van der Waals surface area (Å²) in [7, 11) is 1.86. The molecule has 4 nitrogen and oxygen atoms in total. The first-order valence-corrected chi connectivity index (χ1v) is 7.85. The fraction of sp³-hybridized carbons (Fsp3) is 0.333. The third-order valence-corrected chi connectivity index (χ3v) is 3.65. The minimum Gasteiger partial charge on any atom is -0.373 e. The van der Waals surface area contributed by atoms with E-state index in [2.05, 4.69) is 51.8 Å². The molecule has 5 heteroatoms. The number of thioether (sulfide) groups is 1. The van der Waals surface area contributed by atoms with Crippen molar-refractivity contribution in [2.75, 3.05) is 30.5 Å². The number of hydrogen-bond donors (Lipinski definition) is 2. The molecule has 0 aliphatic carbocycles. The minimum atomic E-state index is 0.432. The fourth-order valence-electron chi connectivity index (χ4n) is 1.89. The summed E-state index contributed by atoms with van der Waals surface area (Å²) in [5.74, 6) is 2.12. The van der Waals surface area contributed by atoms with E-state index < -0.39 is 0 Å². The molecule has 2 N–H and O–H groups in total. The number of rotatable bonds is 6. The lowest BCUT2D eigenvalue weighted by molar-refractivity contribution is 0.797. The molecule has 0 aliphatic rings. The zero-order valence-electron chi connectivity index (χ0n) is 12.1. The molecule has 2 aromatic rings. The van der Waals surface area contributed by atoms with Gasteiger partial charge in [0.05, 0.1) is 0 Å². The normalized spacial score (nSPS) is 11.9. The third kappa shape index (κ3) is 3.87. The molecule has 0 fully saturated rings. The molecule has 1 atom stereocenters. The molecule has 0 spiro atoms. The van der Waals surface area contributed by atoms with Crippen molar-refractivity contribution in [3.05, 3.63) is 42.0 Å². The standard InChI is InChI=1S/C15H20N4S/c1-11(12-7-5-4-6-8-12)10-17-14-9-13(16-2)18-15(19-14)20-3/h4-9,11H,10H2,1-3H3,(H2,16,17,18,19). The Bertz CT molecular complexity index is 523. The quantitative estimate of drug-likeness (QED) is 0.630. The molecule has 0 amide bonds. The van der Waals surface area contributed by atoms with Gasteiger partial charge in [0, 0.05) is 19.7 Å². The summed E-state index contributed by atoms with van der Waals surface area (Å²) in [6.07, 6.45) is 1.98. The summed E-state index contributed by atoms with van der Waals surface area (Å²) in [6.45, 7) is 3.05. The molecule has 106 valence electrons. The average Bonchev–Trinajstić information content (AvgIpc) is 2.53. The molecule has 0 aliphatic heterocycles. The first kappa shape index (κ1) is 14.7. The summed E-state index contributed by atoms with van der Waals surface area (Å²) in [5.41, 5.74) is 1.33. The molecule has 20 heavy (non-hydrogen) atoms. The highest BCUT2D eigenvalue weighted by Crippen LogP contribution is 2.19. The van der Waals surface area contributed by atoms with Crippen LogP contribution >= 0.6 is 11.8 Å². The van der Waals surface area contributed by atoms with Crippen LogP contribution in [0.25, 0.3) is 0 Å². The number of nitrogens with one attached hydrogen (secondary N) is 2. The van der Waals surface area contributed by atoms with Crippen LogP contribution in [0.3, 0.4) is 0 Å². The van der Waals surface area contributed by atoms with Crippen molar-refractivity contribution < 1.29 is 0 Å². The molecular formula is C15H20N4S. The first-order chi connectivity index (χ1) is 9.72. The maximum atomic E-state index is 4.47. The van der Waals surface area contributed by atoms with Crippen molar-refractivity contribution in [3.63, 3.8) is 0 Å². The van der Waals surface area contributed by atoms with Crippen LogP contribution < -0.4 is 10.6 Å². The Balaban J connectivity index is 2.03. The summed E-state index contributed by atoms with van der Waals surface area (Å²) in [6, 6.07) is 12.4. The number of hydrogen-bond acceptors (Lipinski definition) is 5. The van der Waals surface area contributed by atoms with E-state index in [-0.39, 0.29) is 0 Å². The number of benzene rings is 1. The topological polar surface area (TPSA) is 49.8 Å². The van der Waals surface area contributed by atoms with E-state index in [0.29, 0.717) is 5.92 Å². The van der Waals surface area contributed by atoms with Crippen molar-refractivity contribution in [2.45, 2.75) is 18.0 Å². The molecule has 1 aromatic carbocycles. The second kappa shape index (κ2) is 7.14. The molecule has 0 saturated carbocycles. The van der Waals surface area contributed by atoms with E-state index in [0.717, 1.165) is 23.3 Å². The maximum absolute atomic E-state index is 4.47. The van der Waals surface area contributed by atoms with Crippen LogP contribution in [0.2, 0.25) is 0 Å². The lowest BCUT2D eigenvalue weighted by Gasteiger charge is -2.14. The monoisotopic (exact) mass is 288 g/mol. The number of anilines is 2. The highest BCUT2D eigenvalue weighted by atomic mass is 32.2. The van der Waals surface area contributed by atoms with Gasteiger partial charge in [-0.2, -0.15) is 0 Å². The van der Waals surface area contributed by atoms with Gasteiger partial charge in [-0.15, -0.1) is 0 Å². The van der Waals surface area contributed by atoms with Crippen LogP contribution in [0.15, 0.2) is 41.6 Å². The van der Waals surface area contributed by atoms with Crippen molar-refractivity contribution in [1.29, 1.82) is 0 Å². The fourth-order valence-corrected chi connectivity index (χ4v) is 2.27. The van der Waals surface area contributed by atoms with Gasteiger partial charge in [-0.25, -0.2) is 9.97 Å². The number of aromatic nitrogens is 2. The Hall–Kier alpha value is -1.75. The molecule has 0 bridgehead atoms. The van der Waals surface area contributed by atoms with Gasteiger partial charge in [-0.3, -0.25) is 0 Å². The number of nitrogens with zero attached hydrogens (tertiary/aromatic N) is 2. The van der Waals surface area contributed by atoms with Gasteiger partial charge in [0.2, 0.25) is 0 Å². The Morgan fingerprint density at radius 3 is 2.50 bits per heavy atom. The Labute approximate surface area is 124 Å². The molecule has 0 radical (unpaired) electrons. The predicted molar refractivity (Wildman–Crippen MR) is 86.7 cm³/mol. The molecule has 1 heterocycles. The molecule has 2 rings (SSSR count). The van der Waals surface area contributed by atoms with Gasteiger partial charge in [-0.1, -0.05) is 49.0 Å². The smallest absolute Gasteiger partial charge is 0.191 e. The predicted octanol–water partition coefficient (Wildman–Crippen LogP) is 3.46. The van der Waals surface area contributed by atoms with E-state index in [1.165, 1.54) is 5.56 Å². The SMILES string of the molecule is CNc1cc(NCC(C)c2ccccc2)nc(SC)n1. The van der Waals surface area contributed by atoms with E-state index >= 15 is 0 Å². The van der Waals surface area contributed by atoms with Crippen molar-refractivity contribution in [1.82, 2.24) is 9.97 Å². The Morgan fingerprint density at radius 2 is 1.85 bits per heavy atom. The zero-order valence-corrected chi connectivity index (χ0v) is 12.9. The van der Waals surface area contributed by atoms with Crippen LogP contribution in [0.1, 0.15) is 18.4 Å². The van der Waals surface area contributed by atoms with E-state index in [4.69, 9.17) is 0 Å². The van der Waals surface area contributed by atoms with Crippen LogP contribution in [-0.4, -0.2) is 29.8 Å². The van der Waals surface area contributed by atoms with Crippen molar-refractivity contribution in [2.24, 2.45) is 0 Å². The van der Waals surface area contributed by atoms with Crippen molar-refractivity contribution >= 4 is 23.4 Å². The molecule has 0 saturated heterocycles. The maximum Gasteiger partial charge on any atom is 0.191 e. The third-order valence-electron chi connectivity index (χ3n) is 3.10. The van der Waals surface area contributed by atoms with Gasteiger partial charge in [0.1, 0.15) is 11.6 Å². The van der Waals surface area contributed by atoms with E-state index in [1.807, 2.05) is 25.4 Å². The second-order valence-corrected chi connectivity index (χ2v) is 5.34. The highest BCUT2D eigenvalue weighted by molar-refractivity contribution is 7.98. The van der Waals surface area contributed by atoms with Gasteiger partial charge >= 0.3 is 0 Å². The van der Waals surface area contributed by atoms with Crippen molar-refractivity contribution in [3.8, 4) is 0 Å². The van der Waals surface area contributed by atoms with Crippen LogP contribution in [0, 0.1) is 0 Å². The van der Waals surface area contributed by atoms with Gasteiger partial charge in [0.25, 0.3) is 0 Å². The Morgan fingerprint density at radius 1 is 1.15 bits per heavy atom. The van der Waals surface area contributed by atoms with Gasteiger partial charge in [0.15, 0.2) is 5.16 Å². The first-order valence-electron chi connectivity index (χ1n) is 6.62. The summed E-state index contributed by atoms with van der Waals surface area (Å²) < 4.78 is 0. The van der Waals surface area contributed by atoms with Gasteiger partial charge < -0.3 is 10.6 Å². The highest BCUT2D eigenvalue weighted by Gasteiger charge is 2.07. The second-order valence-electron chi connectivity index (χ2n) is 4.57. The van der Waals surface area contributed by atoms with E-state index in [9.17, 15) is 0 Å². The van der Waals surface area contributed by atoms with Crippen LogP contribution in [0.4, 0.5) is 11.6 Å². The molecule has 1 unspecified atom stereocenters. The molecule has 1 aromatic heterocycles. The zero-order chi connectivity index (χ0) is 14.4. The summed E-state index contributed by atoms with van der Waals surface area (Å²) in [4.78, 5) is 8.82. The largest absolute Gasteiger partial charge is 0.373 e. The van der Waals surface area contributed by atoms with Crippen LogP contribution in [-0.2, 0) is 0 Å². The van der Waals surface area contributed by atoms with E-state index in [1.54, 1.807) is 11.8 Å². The summed E-state index contributed by atoms with van der Waals surface area (Å²) in [5, 5.41) is 7.21.